The van der Waals surface area contributed by atoms with Crippen molar-refractivity contribution < 1.29 is 14.4 Å². The number of unbranched alkanes of at least 4 members (excludes halogenated alkanes) is 1. The maximum Gasteiger partial charge on any atom is 0.261 e. The van der Waals surface area contributed by atoms with E-state index in [1.807, 2.05) is 6.92 Å². The molecule has 1 unspecified atom stereocenters. The lowest BCUT2D eigenvalue weighted by Crippen LogP contribution is -2.38. The fourth-order valence-corrected chi connectivity index (χ4v) is 3.37. The SMILES string of the molecule is CCCCNC(=O)C(C)Nc1cc(N2C(=O)CC(=C(C)C)C2=O)c(Cl)cc1Cl. The predicted molar refractivity (Wildman–Crippen MR) is 113 cm³/mol. The van der Waals surface area contributed by atoms with Crippen LogP contribution in [0.5, 0.6) is 0 Å². The molecule has 1 aromatic carbocycles. The number of imide groups is 1. The number of nitrogens with one attached hydrogen (secondary N) is 2. The van der Waals surface area contributed by atoms with Crippen LogP contribution in [0, 0.1) is 0 Å². The topological polar surface area (TPSA) is 78.5 Å². The summed E-state index contributed by atoms with van der Waals surface area (Å²) in [5, 5.41) is 6.35. The first-order valence-corrected chi connectivity index (χ1v) is 9.99. The fourth-order valence-electron chi connectivity index (χ4n) is 2.85. The molecule has 2 rings (SSSR count). The van der Waals surface area contributed by atoms with Gasteiger partial charge in [0.05, 0.1) is 27.8 Å². The minimum Gasteiger partial charge on any atom is -0.373 e. The quantitative estimate of drug-likeness (QED) is 0.387. The van der Waals surface area contributed by atoms with Gasteiger partial charge in [0.25, 0.3) is 5.91 Å². The average molecular weight is 426 g/mol. The first-order valence-electron chi connectivity index (χ1n) is 9.24. The number of allylic oxidation sites excluding steroid dienone is 1. The van der Waals surface area contributed by atoms with Crippen LogP contribution in [0.15, 0.2) is 23.3 Å². The molecular formula is C20H25Cl2N3O3. The van der Waals surface area contributed by atoms with Gasteiger partial charge in [-0.05, 0) is 39.3 Å². The second-order valence-electron chi connectivity index (χ2n) is 6.98. The zero-order valence-corrected chi connectivity index (χ0v) is 18.0. The van der Waals surface area contributed by atoms with Crippen LogP contribution in [0.3, 0.4) is 0 Å². The summed E-state index contributed by atoms with van der Waals surface area (Å²) in [4.78, 5) is 38.3. The van der Waals surface area contributed by atoms with Crippen LogP contribution >= 0.6 is 23.2 Å². The molecule has 0 spiro atoms. The molecule has 1 fully saturated rings. The molecule has 8 heteroatoms. The molecule has 0 saturated carbocycles. The zero-order valence-electron chi connectivity index (χ0n) is 16.5. The Kier molecular flexibility index (Phi) is 7.49. The number of rotatable bonds is 7. The Bertz CT molecular complexity index is 832. The third kappa shape index (κ3) is 4.86. The predicted octanol–water partition coefficient (Wildman–Crippen LogP) is 4.31. The Morgan fingerprint density at radius 2 is 1.89 bits per heavy atom. The van der Waals surface area contributed by atoms with Crippen molar-refractivity contribution in [1.82, 2.24) is 5.32 Å². The van der Waals surface area contributed by atoms with Crippen molar-refractivity contribution in [2.75, 3.05) is 16.8 Å². The van der Waals surface area contributed by atoms with Crippen LogP contribution in [0.4, 0.5) is 11.4 Å². The number of nitrogens with zero attached hydrogens (tertiary/aromatic N) is 1. The zero-order chi connectivity index (χ0) is 21.0. The summed E-state index contributed by atoms with van der Waals surface area (Å²) in [5.41, 5.74) is 1.93. The molecule has 0 aliphatic carbocycles. The first kappa shape index (κ1) is 22.2. The average Bonchev–Trinajstić information content (AvgIpc) is 2.92. The molecule has 1 aliphatic rings. The van der Waals surface area contributed by atoms with Gasteiger partial charge in [-0.3, -0.25) is 14.4 Å². The number of benzene rings is 1. The standard InChI is InChI=1S/C20H25Cl2N3O3/c1-5-6-7-23-19(27)12(4)24-16-10-17(15(22)9-14(16)21)25-18(26)8-13(11(2)3)20(25)28/h9-10,12,24H,5-8H2,1-4H3,(H,23,27). The lowest BCUT2D eigenvalue weighted by atomic mass is 10.1. The summed E-state index contributed by atoms with van der Waals surface area (Å²) in [6.45, 7) is 7.94. The van der Waals surface area contributed by atoms with E-state index in [2.05, 4.69) is 10.6 Å². The van der Waals surface area contributed by atoms with Gasteiger partial charge in [-0.2, -0.15) is 0 Å². The van der Waals surface area contributed by atoms with Crippen LogP contribution in [-0.4, -0.2) is 30.3 Å². The molecule has 3 amide bonds. The summed E-state index contributed by atoms with van der Waals surface area (Å²) in [6.07, 6.45) is 1.93. The third-order valence-electron chi connectivity index (χ3n) is 4.51. The summed E-state index contributed by atoms with van der Waals surface area (Å²) in [7, 11) is 0. The Labute approximate surface area is 175 Å². The summed E-state index contributed by atoms with van der Waals surface area (Å²) in [6, 6.07) is 2.44. The Morgan fingerprint density at radius 1 is 1.21 bits per heavy atom. The maximum absolute atomic E-state index is 12.7. The van der Waals surface area contributed by atoms with Gasteiger partial charge in [-0.25, -0.2) is 4.90 Å². The number of halogens is 2. The fraction of sp³-hybridized carbons (Fsp3) is 0.450. The molecule has 0 bridgehead atoms. The second-order valence-corrected chi connectivity index (χ2v) is 7.80. The highest BCUT2D eigenvalue weighted by molar-refractivity contribution is 6.40. The largest absolute Gasteiger partial charge is 0.373 e. The lowest BCUT2D eigenvalue weighted by Gasteiger charge is -2.20. The van der Waals surface area contributed by atoms with Crippen molar-refractivity contribution in [3.63, 3.8) is 0 Å². The van der Waals surface area contributed by atoms with Gasteiger partial charge in [0.1, 0.15) is 6.04 Å². The van der Waals surface area contributed by atoms with Crippen molar-refractivity contribution in [2.45, 2.75) is 53.0 Å². The van der Waals surface area contributed by atoms with Gasteiger partial charge in [0.15, 0.2) is 0 Å². The summed E-state index contributed by atoms with van der Waals surface area (Å²) < 4.78 is 0. The number of carbonyl (C=O) groups excluding carboxylic acids is 3. The van der Waals surface area contributed by atoms with Crippen molar-refractivity contribution >= 4 is 52.3 Å². The molecule has 1 heterocycles. The van der Waals surface area contributed by atoms with Gasteiger partial charge in [-0.1, -0.05) is 42.1 Å². The molecule has 0 radical (unpaired) electrons. The third-order valence-corrected chi connectivity index (χ3v) is 5.13. The summed E-state index contributed by atoms with van der Waals surface area (Å²) in [5.74, 6) is -0.895. The van der Waals surface area contributed by atoms with Crippen LogP contribution in [0.2, 0.25) is 10.0 Å². The molecule has 28 heavy (non-hydrogen) atoms. The maximum atomic E-state index is 12.7. The minimum absolute atomic E-state index is 0.0408. The van der Waals surface area contributed by atoms with E-state index in [-0.39, 0.29) is 34.9 Å². The molecule has 1 aliphatic heterocycles. The molecule has 152 valence electrons. The van der Waals surface area contributed by atoms with E-state index in [1.54, 1.807) is 20.8 Å². The van der Waals surface area contributed by atoms with Crippen molar-refractivity contribution in [1.29, 1.82) is 0 Å². The molecule has 1 saturated heterocycles. The van der Waals surface area contributed by atoms with Crippen LogP contribution in [-0.2, 0) is 14.4 Å². The molecule has 2 N–H and O–H groups in total. The van der Waals surface area contributed by atoms with E-state index < -0.39 is 6.04 Å². The van der Waals surface area contributed by atoms with Crippen LogP contribution in [0.1, 0.15) is 47.0 Å². The number of amides is 3. The van der Waals surface area contributed by atoms with Crippen LogP contribution < -0.4 is 15.5 Å². The van der Waals surface area contributed by atoms with Crippen molar-refractivity contribution in [2.24, 2.45) is 0 Å². The van der Waals surface area contributed by atoms with Gasteiger partial charge >= 0.3 is 0 Å². The van der Waals surface area contributed by atoms with Gasteiger partial charge in [-0.15, -0.1) is 0 Å². The molecule has 6 nitrogen and oxygen atoms in total. The Balaban J connectivity index is 2.28. The van der Waals surface area contributed by atoms with E-state index in [1.165, 1.54) is 12.1 Å². The van der Waals surface area contributed by atoms with Gasteiger partial charge in [0, 0.05) is 12.1 Å². The number of hydrogen-bond donors (Lipinski definition) is 2. The molecular weight excluding hydrogens is 401 g/mol. The van der Waals surface area contributed by atoms with Crippen LogP contribution in [0.25, 0.3) is 0 Å². The normalized spacial score (nSPS) is 15.1. The Morgan fingerprint density at radius 3 is 2.46 bits per heavy atom. The van der Waals surface area contributed by atoms with E-state index in [4.69, 9.17) is 23.2 Å². The number of anilines is 2. The highest BCUT2D eigenvalue weighted by Crippen LogP contribution is 2.38. The number of hydrogen-bond acceptors (Lipinski definition) is 4. The number of carbonyl (C=O) groups is 3. The van der Waals surface area contributed by atoms with Gasteiger partial charge < -0.3 is 10.6 Å². The lowest BCUT2D eigenvalue weighted by molar-refractivity contribution is -0.122. The van der Waals surface area contributed by atoms with E-state index >= 15 is 0 Å². The molecule has 1 aromatic rings. The first-order chi connectivity index (χ1) is 13.2. The highest BCUT2D eigenvalue weighted by Gasteiger charge is 2.37. The highest BCUT2D eigenvalue weighted by atomic mass is 35.5. The minimum atomic E-state index is -0.554. The molecule has 0 aromatic heterocycles. The molecule has 1 atom stereocenters. The van der Waals surface area contributed by atoms with E-state index in [0.717, 1.165) is 23.3 Å². The van der Waals surface area contributed by atoms with E-state index in [9.17, 15) is 14.4 Å². The smallest absolute Gasteiger partial charge is 0.261 e. The van der Waals surface area contributed by atoms with E-state index in [0.29, 0.717) is 22.8 Å². The Hall–Kier alpha value is -2.05. The second kappa shape index (κ2) is 9.43. The van der Waals surface area contributed by atoms with Crippen molar-refractivity contribution in [3.05, 3.63) is 33.3 Å². The summed E-state index contributed by atoms with van der Waals surface area (Å²) >= 11 is 12.5. The monoisotopic (exact) mass is 425 g/mol. The van der Waals surface area contributed by atoms with Gasteiger partial charge in [0.2, 0.25) is 11.8 Å². The van der Waals surface area contributed by atoms with Crippen molar-refractivity contribution in [3.8, 4) is 0 Å².